The molecule has 2 atom stereocenters. The number of ketones is 1. The zero-order chi connectivity index (χ0) is 28.9. The largest absolute Gasteiger partial charge is 0.393 e. The number of rotatable bonds is 32. The Hall–Kier alpha value is -0.450. The van der Waals surface area contributed by atoms with Crippen LogP contribution in [0.2, 0.25) is 0 Å². The van der Waals surface area contributed by atoms with Crippen LogP contribution in [0.25, 0.3) is 0 Å². The van der Waals surface area contributed by atoms with E-state index in [-0.39, 0.29) is 6.42 Å². The molecule has 0 aliphatic carbocycles. The molecule has 0 heterocycles. The van der Waals surface area contributed by atoms with E-state index in [1.54, 1.807) is 0 Å². The third-order valence-corrected chi connectivity index (χ3v) is 8.61. The summed E-state index contributed by atoms with van der Waals surface area (Å²) in [6.45, 7) is 3.83. The summed E-state index contributed by atoms with van der Waals surface area (Å²) in [5, 5.41) is 30.9. The summed E-state index contributed by atoms with van der Waals surface area (Å²) in [6, 6.07) is 0. The Balaban J connectivity index is 3.71. The van der Waals surface area contributed by atoms with E-state index in [9.17, 15) is 20.1 Å². The lowest BCUT2D eigenvalue weighted by Gasteiger charge is -2.30. The average Bonchev–Trinajstić information content (AvgIpc) is 2.94. The Labute approximate surface area is 244 Å². The van der Waals surface area contributed by atoms with Crippen molar-refractivity contribution in [2.24, 2.45) is 0 Å². The van der Waals surface area contributed by atoms with Crippen LogP contribution in [0.3, 0.4) is 0 Å². The lowest BCUT2D eigenvalue weighted by atomic mass is 9.86. The van der Waals surface area contributed by atoms with E-state index in [0.29, 0.717) is 6.42 Å². The minimum Gasteiger partial charge on any atom is -0.393 e. The van der Waals surface area contributed by atoms with Crippen LogP contribution < -0.4 is 0 Å². The lowest BCUT2D eigenvalue weighted by molar-refractivity contribution is -0.158. The zero-order valence-corrected chi connectivity index (χ0v) is 26.5. The van der Waals surface area contributed by atoms with Crippen LogP contribution in [-0.2, 0) is 4.79 Å². The van der Waals surface area contributed by atoms with Crippen molar-refractivity contribution in [3.63, 3.8) is 0 Å². The van der Waals surface area contributed by atoms with Gasteiger partial charge >= 0.3 is 0 Å². The van der Waals surface area contributed by atoms with E-state index in [0.717, 1.165) is 38.5 Å². The Morgan fingerprint density at radius 3 is 1.10 bits per heavy atom. The second-order valence-corrected chi connectivity index (χ2v) is 12.4. The van der Waals surface area contributed by atoms with Crippen molar-refractivity contribution in [3.8, 4) is 0 Å². The summed E-state index contributed by atoms with van der Waals surface area (Å²) in [6.07, 6.45) is 33.3. The summed E-state index contributed by atoms with van der Waals surface area (Å²) in [5.41, 5.74) is -1.99. The van der Waals surface area contributed by atoms with E-state index >= 15 is 0 Å². The maximum absolute atomic E-state index is 12.6. The van der Waals surface area contributed by atoms with Crippen molar-refractivity contribution >= 4 is 5.78 Å². The van der Waals surface area contributed by atoms with Gasteiger partial charge in [-0.2, -0.15) is 0 Å². The van der Waals surface area contributed by atoms with Gasteiger partial charge in [0.05, 0.1) is 12.7 Å². The summed E-state index contributed by atoms with van der Waals surface area (Å²) in [7, 11) is 0. The molecule has 0 saturated carbocycles. The van der Waals surface area contributed by atoms with Crippen LogP contribution >= 0.6 is 0 Å². The van der Waals surface area contributed by atoms with Crippen molar-refractivity contribution < 1.29 is 20.1 Å². The molecule has 0 amide bonds. The van der Waals surface area contributed by atoms with E-state index in [1.807, 2.05) is 0 Å². The van der Waals surface area contributed by atoms with Crippen molar-refractivity contribution in [1.82, 2.24) is 0 Å². The van der Waals surface area contributed by atoms with Gasteiger partial charge in [-0.15, -0.1) is 0 Å². The highest BCUT2D eigenvalue weighted by atomic mass is 16.4. The molecule has 0 aliphatic heterocycles. The molecule has 0 radical (unpaired) electrons. The van der Waals surface area contributed by atoms with Gasteiger partial charge in [0.25, 0.3) is 0 Å². The minimum atomic E-state index is -1.99. The van der Waals surface area contributed by atoms with Crippen LogP contribution in [0, 0.1) is 0 Å². The molecule has 3 N–H and O–H groups in total. The highest BCUT2D eigenvalue weighted by molar-refractivity contribution is 5.87. The molecule has 0 bridgehead atoms. The van der Waals surface area contributed by atoms with Gasteiger partial charge in [0.1, 0.15) is 0 Å². The van der Waals surface area contributed by atoms with E-state index in [4.69, 9.17) is 0 Å². The predicted molar refractivity (Wildman–Crippen MR) is 168 cm³/mol. The third kappa shape index (κ3) is 22.9. The van der Waals surface area contributed by atoms with Crippen molar-refractivity contribution in [2.45, 2.75) is 212 Å². The number of aliphatic hydroxyl groups excluding tert-OH is 2. The maximum atomic E-state index is 12.6. The normalized spacial score (nSPS) is 14.0. The van der Waals surface area contributed by atoms with E-state index in [2.05, 4.69) is 13.8 Å². The second kappa shape index (κ2) is 29.1. The molecule has 0 aromatic heterocycles. The van der Waals surface area contributed by atoms with Crippen LogP contribution in [-0.4, -0.2) is 39.4 Å². The third-order valence-electron chi connectivity index (χ3n) is 8.61. The number of hydrogen-bond acceptors (Lipinski definition) is 4. The first-order valence-electron chi connectivity index (χ1n) is 17.6. The Morgan fingerprint density at radius 1 is 0.513 bits per heavy atom. The number of unbranched alkanes of at least 4 members (excludes halogenated alkanes) is 25. The SMILES string of the molecule is CCCCCCCCCCCCCCCCC(O)C(O)(CO)C(=O)CCCCCCCCCCCCCCC. The second-order valence-electron chi connectivity index (χ2n) is 12.4. The fraction of sp³-hybridized carbons (Fsp3) is 0.971. The van der Waals surface area contributed by atoms with Gasteiger partial charge in [-0.05, 0) is 12.8 Å². The van der Waals surface area contributed by atoms with Crippen molar-refractivity contribution in [1.29, 1.82) is 0 Å². The fourth-order valence-corrected chi connectivity index (χ4v) is 5.67. The predicted octanol–water partition coefficient (Wildman–Crippen LogP) is 9.99. The Kier molecular flexibility index (Phi) is 28.7. The molecular weight excluding hydrogens is 484 g/mol. The number of Topliss-reactive ketones (excluding diaryl/α,β-unsaturated/α-hetero) is 1. The number of carbonyl (C=O) groups excluding carboxylic acids is 1. The number of hydrogen-bond donors (Lipinski definition) is 3. The van der Waals surface area contributed by atoms with Crippen LogP contribution in [0.4, 0.5) is 0 Å². The van der Waals surface area contributed by atoms with E-state index < -0.39 is 24.1 Å². The van der Waals surface area contributed by atoms with Gasteiger partial charge in [0.15, 0.2) is 11.4 Å². The van der Waals surface area contributed by atoms with Crippen molar-refractivity contribution in [3.05, 3.63) is 0 Å². The summed E-state index contributed by atoms with van der Waals surface area (Å²) in [5.74, 6) is -0.397. The van der Waals surface area contributed by atoms with Gasteiger partial charge in [0, 0.05) is 6.42 Å². The highest BCUT2D eigenvalue weighted by Crippen LogP contribution is 2.22. The Morgan fingerprint density at radius 2 is 0.795 bits per heavy atom. The molecular formula is C35H70O4. The molecule has 0 aromatic carbocycles. The first-order valence-corrected chi connectivity index (χ1v) is 17.6. The summed E-state index contributed by atoms with van der Waals surface area (Å²) >= 11 is 0. The van der Waals surface area contributed by atoms with Gasteiger partial charge in [0.2, 0.25) is 0 Å². The summed E-state index contributed by atoms with van der Waals surface area (Å²) < 4.78 is 0. The van der Waals surface area contributed by atoms with Crippen LogP contribution in [0.15, 0.2) is 0 Å². The molecule has 39 heavy (non-hydrogen) atoms. The maximum Gasteiger partial charge on any atom is 0.171 e. The molecule has 2 unspecified atom stereocenters. The molecule has 0 fully saturated rings. The fourth-order valence-electron chi connectivity index (χ4n) is 5.67. The topological polar surface area (TPSA) is 77.8 Å². The molecule has 0 aromatic rings. The molecule has 0 spiro atoms. The van der Waals surface area contributed by atoms with Gasteiger partial charge in [-0.3, -0.25) is 4.79 Å². The van der Waals surface area contributed by atoms with Gasteiger partial charge < -0.3 is 15.3 Å². The van der Waals surface area contributed by atoms with Gasteiger partial charge in [-0.1, -0.05) is 181 Å². The molecule has 234 valence electrons. The van der Waals surface area contributed by atoms with E-state index in [1.165, 1.54) is 135 Å². The van der Waals surface area contributed by atoms with Crippen LogP contribution in [0.1, 0.15) is 200 Å². The number of aliphatic hydroxyl groups is 3. The first kappa shape index (κ1) is 38.5. The minimum absolute atomic E-state index is 0.241. The lowest BCUT2D eigenvalue weighted by Crippen LogP contribution is -2.52. The first-order chi connectivity index (χ1) is 19.0. The summed E-state index contributed by atoms with van der Waals surface area (Å²) in [4.78, 5) is 12.6. The average molecular weight is 555 g/mol. The highest BCUT2D eigenvalue weighted by Gasteiger charge is 2.41. The molecule has 0 rings (SSSR count). The van der Waals surface area contributed by atoms with Gasteiger partial charge in [-0.25, -0.2) is 0 Å². The van der Waals surface area contributed by atoms with Crippen LogP contribution in [0.5, 0.6) is 0 Å². The molecule has 4 nitrogen and oxygen atoms in total. The smallest absolute Gasteiger partial charge is 0.171 e. The Bertz CT molecular complexity index is 509. The standard InChI is InChI=1S/C35H70O4/c1-3-5-7-9-11-13-15-17-19-21-23-25-27-29-31-34(38)35(39,32-36)33(37)30-28-26-24-22-20-18-16-14-12-10-8-6-4-2/h34,36,38-39H,3-32H2,1-2H3. The molecule has 0 aliphatic rings. The zero-order valence-electron chi connectivity index (χ0n) is 26.5. The molecule has 0 saturated heterocycles. The van der Waals surface area contributed by atoms with Crippen molar-refractivity contribution in [2.75, 3.05) is 6.61 Å². The number of carbonyl (C=O) groups is 1. The molecule has 4 heteroatoms. The monoisotopic (exact) mass is 555 g/mol. The quantitative estimate of drug-likeness (QED) is 0.0723.